The number of carbonyl (C=O) groups excluding carboxylic acids is 1. The summed E-state index contributed by atoms with van der Waals surface area (Å²) in [6.45, 7) is 2.15. The van der Waals surface area contributed by atoms with Crippen LogP contribution in [0.2, 0.25) is 10.0 Å². The van der Waals surface area contributed by atoms with Crippen molar-refractivity contribution < 1.29 is 9.53 Å². The van der Waals surface area contributed by atoms with E-state index in [1.165, 1.54) is 0 Å². The van der Waals surface area contributed by atoms with E-state index in [0.717, 1.165) is 11.1 Å². The smallest absolute Gasteiger partial charge is 0.338 e. The molecule has 0 aromatic heterocycles. The molecule has 98 valence electrons. The molecule has 2 aromatic rings. The topological polar surface area (TPSA) is 26.3 Å². The molecule has 0 aliphatic carbocycles. The van der Waals surface area contributed by atoms with Crippen molar-refractivity contribution in [2.24, 2.45) is 0 Å². The van der Waals surface area contributed by atoms with Crippen molar-refractivity contribution in [2.75, 3.05) is 6.61 Å². The van der Waals surface area contributed by atoms with Crippen LogP contribution in [-0.4, -0.2) is 12.6 Å². The third-order valence-electron chi connectivity index (χ3n) is 2.65. The molecule has 0 atom stereocenters. The fraction of sp³-hybridized carbons (Fsp3) is 0.133. The van der Waals surface area contributed by atoms with Crippen molar-refractivity contribution in [3.63, 3.8) is 0 Å². The lowest BCUT2D eigenvalue weighted by molar-refractivity contribution is 0.0526. The quantitative estimate of drug-likeness (QED) is 0.757. The van der Waals surface area contributed by atoms with Gasteiger partial charge in [0.05, 0.1) is 22.2 Å². The zero-order valence-corrected chi connectivity index (χ0v) is 11.8. The van der Waals surface area contributed by atoms with Crippen molar-refractivity contribution in [3.05, 3.63) is 58.1 Å². The third-order valence-corrected chi connectivity index (χ3v) is 3.39. The number of benzene rings is 2. The lowest BCUT2D eigenvalue weighted by Crippen LogP contribution is -2.03. The summed E-state index contributed by atoms with van der Waals surface area (Å²) in [5, 5.41) is 1.03. The van der Waals surface area contributed by atoms with E-state index in [9.17, 15) is 4.79 Å². The number of ether oxygens (including phenoxy) is 1. The average molecular weight is 295 g/mol. The number of hydrogen-bond acceptors (Lipinski definition) is 2. The summed E-state index contributed by atoms with van der Waals surface area (Å²) in [5.74, 6) is -0.316. The molecule has 19 heavy (non-hydrogen) atoms. The Bertz CT molecular complexity index is 592. The maximum atomic E-state index is 11.5. The van der Waals surface area contributed by atoms with Crippen molar-refractivity contribution in [3.8, 4) is 11.1 Å². The Morgan fingerprint density at radius 1 is 1.00 bits per heavy atom. The minimum atomic E-state index is -0.316. The molecule has 0 heterocycles. The van der Waals surface area contributed by atoms with E-state index in [2.05, 4.69) is 0 Å². The van der Waals surface area contributed by atoms with E-state index in [0.29, 0.717) is 22.2 Å². The minimum absolute atomic E-state index is 0.316. The lowest BCUT2D eigenvalue weighted by atomic mass is 10.0. The van der Waals surface area contributed by atoms with E-state index in [-0.39, 0.29) is 5.97 Å². The van der Waals surface area contributed by atoms with Gasteiger partial charge in [0.15, 0.2) is 0 Å². The lowest BCUT2D eigenvalue weighted by Gasteiger charge is -2.05. The maximum absolute atomic E-state index is 11.5. The summed E-state index contributed by atoms with van der Waals surface area (Å²) in [6, 6.07) is 12.6. The second kappa shape index (κ2) is 6.09. The number of halogens is 2. The van der Waals surface area contributed by atoms with Gasteiger partial charge in [-0.3, -0.25) is 0 Å². The van der Waals surface area contributed by atoms with Crippen LogP contribution in [0.4, 0.5) is 0 Å². The summed E-state index contributed by atoms with van der Waals surface area (Å²) in [4.78, 5) is 11.5. The van der Waals surface area contributed by atoms with Crippen molar-refractivity contribution in [1.29, 1.82) is 0 Å². The van der Waals surface area contributed by atoms with Gasteiger partial charge in [-0.25, -0.2) is 4.79 Å². The summed E-state index contributed by atoms with van der Waals surface area (Å²) in [5.41, 5.74) is 2.45. The van der Waals surface area contributed by atoms with Crippen LogP contribution in [0.25, 0.3) is 11.1 Å². The molecule has 0 N–H and O–H groups in total. The van der Waals surface area contributed by atoms with E-state index in [4.69, 9.17) is 27.9 Å². The van der Waals surface area contributed by atoms with Crippen molar-refractivity contribution in [1.82, 2.24) is 0 Å². The SMILES string of the molecule is CCOC(=O)c1ccc(-c2ccc(Cl)c(Cl)c2)cc1. The molecule has 2 rings (SSSR count). The van der Waals surface area contributed by atoms with Gasteiger partial charge in [-0.1, -0.05) is 41.4 Å². The van der Waals surface area contributed by atoms with Crippen LogP contribution in [0, 0.1) is 0 Å². The molecule has 0 saturated heterocycles. The Hall–Kier alpha value is -1.51. The monoisotopic (exact) mass is 294 g/mol. The first-order valence-corrected chi connectivity index (χ1v) is 6.60. The molecule has 0 saturated carbocycles. The molecule has 2 aromatic carbocycles. The highest BCUT2D eigenvalue weighted by Crippen LogP contribution is 2.28. The Kier molecular flexibility index (Phi) is 4.46. The van der Waals surface area contributed by atoms with Crippen LogP contribution in [0.1, 0.15) is 17.3 Å². The fourth-order valence-electron chi connectivity index (χ4n) is 1.69. The van der Waals surface area contributed by atoms with Gasteiger partial charge in [-0.05, 0) is 42.3 Å². The number of esters is 1. The summed E-state index contributed by atoms with van der Waals surface area (Å²) in [6.07, 6.45) is 0. The van der Waals surface area contributed by atoms with Crippen molar-refractivity contribution in [2.45, 2.75) is 6.92 Å². The molecule has 0 amide bonds. The molecule has 0 radical (unpaired) electrons. The largest absolute Gasteiger partial charge is 0.462 e. The highest BCUT2D eigenvalue weighted by molar-refractivity contribution is 6.42. The van der Waals surface area contributed by atoms with Gasteiger partial charge in [0.1, 0.15) is 0 Å². The normalized spacial score (nSPS) is 10.3. The van der Waals surface area contributed by atoms with Crippen LogP contribution >= 0.6 is 23.2 Å². The maximum Gasteiger partial charge on any atom is 0.338 e. The van der Waals surface area contributed by atoms with Crippen LogP contribution < -0.4 is 0 Å². The van der Waals surface area contributed by atoms with E-state index in [1.54, 1.807) is 31.2 Å². The van der Waals surface area contributed by atoms with Gasteiger partial charge in [0.2, 0.25) is 0 Å². The van der Waals surface area contributed by atoms with Crippen LogP contribution in [0.15, 0.2) is 42.5 Å². The second-order valence-corrected chi connectivity index (χ2v) is 4.74. The Morgan fingerprint density at radius 3 is 2.21 bits per heavy atom. The third kappa shape index (κ3) is 3.28. The predicted molar refractivity (Wildman–Crippen MR) is 77.9 cm³/mol. The first-order valence-electron chi connectivity index (χ1n) is 5.84. The highest BCUT2D eigenvalue weighted by Gasteiger charge is 2.07. The fourth-order valence-corrected chi connectivity index (χ4v) is 1.99. The molecule has 2 nitrogen and oxygen atoms in total. The first kappa shape index (κ1) is 13.9. The predicted octanol–water partition coefficient (Wildman–Crippen LogP) is 4.84. The molecule has 0 unspecified atom stereocenters. The highest BCUT2D eigenvalue weighted by atomic mass is 35.5. The minimum Gasteiger partial charge on any atom is -0.462 e. The second-order valence-electron chi connectivity index (χ2n) is 3.93. The zero-order valence-electron chi connectivity index (χ0n) is 10.3. The Morgan fingerprint density at radius 2 is 1.63 bits per heavy atom. The van der Waals surface area contributed by atoms with E-state index in [1.807, 2.05) is 18.2 Å². The molecular weight excluding hydrogens is 283 g/mol. The number of rotatable bonds is 3. The van der Waals surface area contributed by atoms with Gasteiger partial charge in [-0.2, -0.15) is 0 Å². The molecule has 0 fully saturated rings. The first-order chi connectivity index (χ1) is 9.11. The van der Waals surface area contributed by atoms with Gasteiger partial charge in [0.25, 0.3) is 0 Å². The Balaban J connectivity index is 2.27. The zero-order chi connectivity index (χ0) is 13.8. The average Bonchev–Trinajstić information content (AvgIpc) is 2.42. The van der Waals surface area contributed by atoms with Crippen LogP contribution in [0.5, 0.6) is 0 Å². The van der Waals surface area contributed by atoms with Crippen LogP contribution in [0.3, 0.4) is 0 Å². The van der Waals surface area contributed by atoms with Gasteiger partial charge in [-0.15, -0.1) is 0 Å². The standard InChI is InChI=1S/C15H12Cl2O2/c1-2-19-15(18)11-5-3-10(4-6-11)12-7-8-13(16)14(17)9-12/h3-9H,2H2,1H3. The number of carbonyl (C=O) groups is 1. The van der Waals surface area contributed by atoms with Gasteiger partial charge < -0.3 is 4.74 Å². The van der Waals surface area contributed by atoms with E-state index >= 15 is 0 Å². The Labute approximate surface area is 121 Å². The summed E-state index contributed by atoms with van der Waals surface area (Å²) < 4.78 is 4.93. The van der Waals surface area contributed by atoms with Crippen LogP contribution in [-0.2, 0) is 4.74 Å². The molecular formula is C15H12Cl2O2. The molecule has 0 aliphatic heterocycles. The number of hydrogen-bond donors (Lipinski definition) is 0. The van der Waals surface area contributed by atoms with Crippen molar-refractivity contribution >= 4 is 29.2 Å². The molecule has 0 bridgehead atoms. The van der Waals surface area contributed by atoms with Gasteiger partial charge >= 0.3 is 5.97 Å². The summed E-state index contributed by atoms with van der Waals surface area (Å²) in [7, 11) is 0. The van der Waals surface area contributed by atoms with Gasteiger partial charge in [0, 0.05) is 0 Å². The summed E-state index contributed by atoms with van der Waals surface area (Å²) >= 11 is 11.9. The molecule has 4 heteroatoms. The molecule has 0 aliphatic rings. The van der Waals surface area contributed by atoms with E-state index < -0.39 is 0 Å². The molecule has 0 spiro atoms.